The van der Waals surface area contributed by atoms with Crippen LogP contribution >= 0.6 is 0 Å². The first-order valence-corrected chi connectivity index (χ1v) is 13.2. The molecule has 0 aliphatic carbocycles. The summed E-state index contributed by atoms with van der Waals surface area (Å²) >= 11 is 0. The highest BCUT2D eigenvalue weighted by Crippen LogP contribution is 2.20. The Labute approximate surface area is 229 Å². The molecule has 0 aliphatic rings. The number of amides is 3. The number of hydroxylamine groups is 1. The number of carbonyl (C=O) groups excluding carboxylic acids is 2. The lowest BCUT2D eigenvalue weighted by Crippen LogP contribution is -2.52. The largest absolute Gasteiger partial charge is 0.480 e. The molecule has 0 radical (unpaired) electrons. The molecule has 4 N–H and O–H groups in total. The number of aliphatic carboxylic acids is 1. The van der Waals surface area contributed by atoms with Crippen molar-refractivity contribution in [2.24, 2.45) is 11.8 Å². The molecule has 3 rings (SSSR count). The van der Waals surface area contributed by atoms with E-state index in [1.165, 1.54) is 4.90 Å². The number of rotatable bonds is 13. The maximum absolute atomic E-state index is 13.3. The Morgan fingerprint density at radius 1 is 0.795 bits per heavy atom. The summed E-state index contributed by atoms with van der Waals surface area (Å²) in [5, 5.41) is 21.8. The minimum atomic E-state index is -1.15. The lowest BCUT2D eigenvalue weighted by molar-refractivity contribution is -0.139. The molecule has 0 aromatic heterocycles. The van der Waals surface area contributed by atoms with Crippen LogP contribution in [-0.2, 0) is 22.4 Å². The number of nitrogens with one attached hydrogen (secondary N) is 2. The molecule has 3 aromatic carbocycles. The van der Waals surface area contributed by atoms with Crippen molar-refractivity contribution in [1.29, 1.82) is 0 Å². The zero-order valence-corrected chi connectivity index (χ0v) is 22.4. The molecule has 3 aromatic rings. The molecule has 8 nitrogen and oxygen atoms in total. The van der Waals surface area contributed by atoms with Gasteiger partial charge in [-0.3, -0.25) is 10.0 Å². The summed E-state index contributed by atoms with van der Waals surface area (Å²) in [4.78, 5) is 39.3. The summed E-state index contributed by atoms with van der Waals surface area (Å²) in [6.45, 7) is 4.24. The molecule has 3 amide bonds. The highest BCUT2D eigenvalue weighted by atomic mass is 16.5. The first kappa shape index (κ1) is 29.4. The second-order valence-electron chi connectivity index (χ2n) is 10.1. The molecule has 0 saturated carbocycles. The molecule has 8 heteroatoms. The minimum absolute atomic E-state index is 0.0430. The maximum Gasteiger partial charge on any atom is 0.326 e. The quantitative estimate of drug-likeness (QED) is 0.187. The first-order chi connectivity index (χ1) is 18.8. The van der Waals surface area contributed by atoms with E-state index in [2.05, 4.69) is 5.32 Å². The summed E-state index contributed by atoms with van der Waals surface area (Å²) < 4.78 is 0. The van der Waals surface area contributed by atoms with Gasteiger partial charge >= 0.3 is 12.0 Å². The van der Waals surface area contributed by atoms with Gasteiger partial charge in [0.25, 0.3) is 0 Å². The van der Waals surface area contributed by atoms with Crippen LogP contribution in [0.5, 0.6) is 0 Å². The van der Waals surface area contributed by atoms with E-state index in [0.717, 1.165) is 22.3 Å². The Morgan fingerprint density at radius 3 is 1.95 bits per heavy atom. The lowest BCUT2D eigenvalue weighted by atomic mass is 9.97. The van der Waals surface area contributed by atoms with Gasteiger partial charge in [-0.2, -0.15) is 0 Å². The fourth-order valence-corrected chi connectivity index (χ4v) is 4.47. The fourth-order valence-electron chi connectivity index (χ4n) is 4.47. The van der Waals surface area contributed by atoms with Crippen LogP contribution in [0.4, 0.5) is 4.79 Å². The summed E-state index contributed by atoms with van der Waals surface area (Å²) in [5.41, 5.74) is 5.61. The van der Waals surface area contributed by atoms with Crippen LogP contribution in [0, 0.1) is 11.8 Å². The average molecular weight is 532 g/mol. The van der Waals surface area contributed by atoms with Crippen molar-refractivity contribution in [3.8, 4) is 11.1 Å². The van der Waals surface area contributed by atoms with Crippen LogP contribution in [-0.4, -0.2) is 52.3 Å². The molecule has 0 bridgehead atoms. The maximum atomic E-state index is 13.3. The number of nitrogens with zero attached hydrogens (tertiary/aromatic N) is 1. The van der Waals surface area contributed by atoms with Crippen LogP contribution in [0.2, 0.25) is 0 Å². The number of carboxylic acids is 1. The molecule has 0 spiro atoms. The van der Waals surface area contributed by atoms with Crippen molar-refractivity contribution in [1.82, 2.24) is 15.7 Å². The van der Waals surface area contributed by atoms with Crippen molar-refractivity contribution in [3.05, 3.63) is 96.1 Å². The summed E-state index contributed by atoms with van der Waals surface area (Å²) in [7, 11) is 0. The summed E-state index contributed by atoms with van der Waals surface area (Å²) in [6.07, 6.45) is 1.11. The smallest absolute Gasteiger partial charge is 0.326 e. The number of benzene rings is 3. The average Bonchev–Trinajstić information content (AvgIpc) is 2.95. The van der Waals surface area contributed by atoms with Gasteiger partial charge in [0.2, 0.25) is 5.91 Å². The highest BCUT2D eigenvalue weighted by Gasteiger charge is 2.28. The minimum Gasteiger partial charge on any atom is -0.480 e. The molecular weight excluding hydrogens is 494 g/mol. The number of carbonyl (C=O) groups is 3. The number of hydrogen-bond donors (Lipinski definition) is 4. The SMILES string of the molecule is CC(C)CN(CC(CCc1ccccc1)C(=O)NO)C(=O)N[C@@H](Cc1ccc(-c2ccccc2)cc1)C(=O)O. The third kappa shape index (κ3) is 9.26. The van der Waals surface area contributed by atoms with Crippen LogP contribution in [0.1, 0.15) is 31.4 Å². The van der Waals surface area contributed by atoms with Gasteiger partial charge in [-0.25, -0.2) is 15.1 Å². The second kappa shape index (κ2) is 14.7. The summed E-state index contributed by atoms with van der Waals surface area (Å²) in [5.74, 6) is -2.32. The Morgan fingerprint density at radius 2 is 1.38 bits per heavy atom. The van der Waals surface area contributed by atoms with E-state index in [0.29, 0.717) is 19.4 Å². The zero-order chi connectivity index (χ0) is 28.2. The van der Waals surface area contributed by atoms with E-state index in [4.69, 9.17) is 0 Å². The number of aryl methyl sites for hydroxylation is 1. The third-order valence-corrected chi connectivity index (χ3v) is 6.52. The zero-order valence-electron chi connectivity index (χ0n) is 22.4. The van der Waals surface area contributed by atoms with Gasteiger partial charge in [0.15, 0.2) is 0 Å². The van der Waals surface area contributed by atoms with E-state index in [9.17, 15) is 24.7 Å². The molecule has 2 atom stereocenters. The van der Waals surface area contributed by atoms with Gasteiger partial charge < -0.3 is 15.3 Å². The predicted molar refractivity (Wildman–Crippen MR) is 150 cm³/mol. The highest BCUT2D eigenvalue weighted by molar-refractivity contribution is 5.84. The molecule has 206 valence electrons. The standard InChI is InChI=1S/C31H37N3O5/c1-22(2)20-34(21-27(29(35)33-39)18-13-23-9-5-3-6-10-23)31(38)32-28(30(36)37)19-24-14-16-26(17-15-24)25-11-7-4-8-12-25/h3-12,14-17,22,27-28,39H,13,18-21H2,1-2H3,(H,32,38)(H,33,35)(H,36,37)/t27?,28-/m0/s1. The monoisotopic (exact) mass is 531 g/mol. The summed E-state index contributed by atoms with van der Waals surface area (Å²) in [6, 6.07) is 25.4. The Hall–Kier alpha value is -4.17. The van der Waals surface area contributed by atoms with Gasteiger partial charge in [0, 0.05) is 19.5 Å². The van der Waals surface area contributed by atoms with Crippen LogP contribution in [0.15, 0.2) is 84.9 Å². The van der Waals surface area contributed by atoms with E-state index in [-0.39, 0.29) is 18.9 Å². The molecule has 0 saturated heterocycles. The van der Waals surface area contributed by atoms with Crippen molar-refractivity contribution in [3.63, 3.8) is 0 Å². The number of hydrogen-bond acceptors (Lipinski definition) is 4. The molecule has 0 aliphatic heterocycles. The topological polar surface area (TPSA) is 119 Å². The van der Waals surface area contributed by atoms with Gasteiger partial charge in [0.1, 0.15) is 6.04 Å². The number of carboxylic acid groups (broad SMARTS) is 1. The van der Waals surface area contributed by atoms with Gasteiger partial charge in [0.05, 0.1) is 5.92 Å². The Balaban J connectivity index is 1.69. The van der Waals surface area contributed by atoms with Gasteiger partial charge in [-0.15, -0.1) is 0 Å². The van der Waals surface area contributed by atoms with E-state index in [1.54, 1.807) is 5.48 Å². The predicted octanol–water partition coefficient (Wildman–Crippen LogP) is 4.77. The Kier molecular flexibility index (Phi) is 11.1. The van der Waals surface area contributed by atoms with Gasteiger partial charge in [-0.05, 0) is 41.0 Å². The van der Waals surface area contributed by atoms with Crippen LogP contribution < -0.4 is 10.8 Å². The molecule has 1 unspecified atom stereocenters. The van der Waals surface area contributed by atoms with Gasteiger partial charge in [-0.1, -0.05) is 98.8 Å². The van der Waals surface area contributed by atoms with E-state index < -0.39 is 29.9 Å². The van der Waals surface area contributed by atoms with Crippen LogP contribution in [0.3, 0.4) is 0 Å². The molecule has 0 fully saturated rings. The van der Waals surface area contributed by atoms with E-state index >= 15 is 0 Å². The second-order valence-corrected chi connectivity index (χ2v) is 10.1. The lowest BCUT2D eigenvalue weighted by Gasteiger charge is -2.29. The van der Waals surface area contributed by atoms with Crippen molar-refractivity contribution in [2.75, 3.05) is 13.1 Å². The first-order valence-electron chi connectivity index (χ1n) is 13.2. The molecule has 39 heavy (non-hydrogen) atoms. The van der Waals surface area contributed by atoms with Crippen molar-refractivity contribution in [2.45, 2.75) is 39.2 Å². The molecular formula is C31H37N3O5. The fraction of sp³-hybridized carbons (Fsp3) is 0.323. The normalized spacial score (nSPS) is 12.4. The van der Waals surface area contributed by atoms with Crippen molar-refractivity contribution < 1.29 is 24.7 Å². The van der Waals surface area contributed by atoms with Crippen LogP contribution in [0.25, 0.3) is 11.1 Å². The van der Waals surface area contributed by atoms with Crippen molar-refractivity contribution >= 4 is 17.9 Å². The third-order valence-electron chi connectivity index (χ3n) is 6.52. The molecule has 0 heterocycles. The van der Waals surface area contributed by atoms with E-state index in [1.807, 2.05) is 98.8 Å². The number of urea groups is 1. The Bertz CT molecular complexity index is 1200.